The molecule has 0 amide bonds. The second kappa shape index (κ2) is 3.97. The topological polar surface area (TPSA) is 20.2 Å². The van der Waals surface area contributed by atoms with Crippen molar-refractivity contribution in [2.45, 2.75) is 33.3 Å². The molecule has 0 radical (unpaired) electrons. The number of aliphatic hydroxyl groups is 1. The molecule has 0 fully saturated rings. The van der Waals surface area contributed by atoms with Gasteiger partial charge < -0.3 is 5.11 Å². The van der Waals surface area contributed by atoms with Crippen molar-refractivity contribution >= 4 is 6.08 Å². The maximum absolute atomic E-state index is 9.57. The molecule has 0 heterocycles. The molecular weight excluding hydrogens is 172 g/mol. The van der Waals surface area contributed by atoms with Crippen LogP contribution in [0.2, 0.25) is 0 Å². The minimum Gasteiger partial charge on any atom is -0.386 e. The van der Waals surface area contributed by atoms with Crippen molar-refractivity contribution < 1.29 is 5.11 Å². The fourth-order valence-electron chi connectivity index (χ4n) is 1.38. The third-order valence-corrected chi connectivity index (χ3v) is 2.20. The van der Waals surface area contributed by atoms with Crippen LogP contribution in [0.1, 0.15) is 30.5 Å². The van der Waals surface area contributed by atoms with E-state index in [9.17, 15) is 5.11 Å². The van der Waals surface area contributed by atoms with E-state index in [0.29, 0.717) is 0 Å². The standard InChI is InChI=1S/C13H18O/c1-10-6-5-7-11(2)12(10)8-9-13(3,4)14/h5-9,14H,1-4H3/b9-8+. The van der Waals surface area contributed by atoms with Crippen LogP contribution in [0.3, 0.4) is 0 Å². The molecule has 0 saturated heterocycles. The molecule has 1 aromatic rings. The van der Waals surface area contributed by atoms with E-state index in [-0.39, 0.29) is 0 Å². The van der Waals surface area contributed by atoms with E-state index in [4.69, 9.17) is 0 Å². The lowest BCUT2D eigenvalue weighted by molar-refractivity contribution is 0.134. The van der Waals surface area contributed by atoms with Crippen molar-refractivity contribution in [2.75, 3.05) is 0 Å². The molecule has 1 heteroatoms. The van der Waals surface area contributed by atoms with Gasteiger partial charge in [-0.3, -0.25) is 0 Å². The van der Waals surface area contributed by atoms with E-state index in [1.165, 1.54) is 16.7 Å². The molecule has 0 bridgehead atoms. The molecule has 0 unspecified atom stereocenters. The van der Waals surface area contributed by atoms with E-state index in [0.717, 1.165) is 0 Å². The number of rotatable bonds is 2. The fourth-order valence-corrected chi connectivity index (χ4v) is 1.38. The first-order chi connectivity index (χ1) is 6.40. The zero-order chi connectivity index (χ0) is 10.8. The van der Waals surface area contributed by atoms with Gasteiger partial charge in [-0.05, 0) is 44.4 Å². The second-order valence-electron chi connectivity index (χ2n) is 4.29. The van der Waals surface area contributed by atoms with Gasteiger partial charge in [0.1, 0.15) is 0 Å². The molecule has 0 aliphatic heterocycles. The third-order valence-electron chi connectivity index (χ3n) is 2.20. The van der Waals surface area contributed by atoms with E-state index in [1.807, 2.05) is 18.2 Å². The van der Waals surface area contributed by atoms with Gasteiger partial charge in [0.15, 0.2) is 0 Å². The van der Waals surface area contributed by atoms with Crippen molar-refractivity contribution in [3.8, 4) is 0 Å². The molecule has 0 aliphatic rings. The van der Waals surface area contributed by atoms with Gasteiger partial charge in [0.05, 0.1) is 5.60 Å². The Labute approximate surface area is 86.1 Å². The van der Waals surface area contributed by atoms with Crippen LogP contribution in [0.15, 0.2) is 24.3 Å². The zero-order valence-corrected chi connectivity index (χ0v) is 9.33. The predicted molar refractivity (Wildman–Crippen MR) is 61.2 cm³/mol. The Morgan fingerprint density at radius 2 is 1.64 bits per heavy atom. The van der Waals surface area contributed by atoms with Crippen LogP contribution in [0.25, 0.3) is 6.08 Å². The Kier molecular flexibility index (Phi) is 3.12. The highest BCUT2D eigenvalue weighted by Gasteiger charge is 2.06. The summed E-state index contributed by atoms with van der Waals surface area (Å²) in [6.45, 7) is 7.71. The summed E-state index contributed by atoms with van der Waals surface area (Å²) >= 11 is 0. The highest BCUT2D eigenvalue weighted by molar-refractivity contribution is 5.58. The van der Waals surface area contributed by atoms with Crippen LogP contribution in [0, 0.1) is 13.8 Å². The summed E-state index contributed by atoms with van der Waals surface area (Å²) in [5, 5.41) is 9.57. The summed E-state index contributed by atoms with van der Waals surface area (Å²) < 4.78 is 0. The molecule has 14 heavy (non-hydrogen) atoms. The molecule has 76 valence electrons. The third kappa shape index (κ3) is 3.00. The molecule has 1 nitrogen and oxygen atoms in total. The van der Waals surface area contributed by atoms with Gasteiger partial charge in [0, 0.05) is 0 Å². The minimum atomic E-state index is -0.741. The van der Waals surface area contributed by atoms with Crippen molar-refractivity contribution in [1.29, 1.82) is 0 Å². The molecule has 0 aliphatic carbocycles. The molecule has 1 N–H and O–H groups in total. The molecule has 0 saturated carbocycles. The van der Waals surface area contributed by atoms with Gasteiger partial charge in [-0.2, -0.15) is 0 Å². The van der Waals surface area contributed by atoms with E-state index >= 15 is 0 Å². The Bertz CT molecular complexity index is 322. The monoisotopic (exact) mass is 190 g/mol. The average Bonchev–Trinajstić information content (AvgIpc) is 2.01. The van der Waals surface area contributed by atoms with E-state index in [1.54, 1.807) is 13.8 Å². The second-order valence-corrected chi connectivity index (χ2v) is 4.29. The van der Waals surface area contributed by atoms with Gasteiger partial charge >= 0.3 is 0 Å². The summed E-state index contributed by atoms with van der Waals surface area (Å²) in [5.41, 5.74) is 2.94. The smallest absolute Gasteiger partial charge is 0.0774 e. The number of benzene rings is 1. The van der Waals surface area contributed by atoms with Crippen LogP contribution in [0.4, 0.5) is 0 Å². The molecule has 0 aromatic heterocycles. The summed E-state index contributed by atoms with van der Waals surface area (Å²) in [4.78, 5) is 0. The van der Waals surface area contributed by atoms with Gasteiger partial charge in [-0.15, -0.1) is 0 Å². The van der Waals surface area contributed by atoms with Crippen molar-refractivity contribution in [3.05, 3.63) is 41.0 Å². The first kappa shape index (κ1) is 11.0. The predicted octanol–water partition coefficient (Wildman–Crippen LogP) is 3.09. The van der Waals surface area contributed by atoms with Crippen LogP contribution < -0.4 is 0 Å². The molecule has 0 spiro atoms. The Morgan fingerprint density at radius 1 is 1.14 bits per heavy atom. The summed E-state index contributed by atoms with van der Waals surface area (Å²) in [5.74, 6) is 0. The Balaban J connectivity index is 3.03. The van der Waals surface area contributed by atoms with Gasteiger partial charge in [-0.25, -0.2) is 0 Å². The highest BCUT2D eigenvalue weighted by Crippen LogP contribution is 2.16. The lowest BCUT2D eigenvalue weighted by atomic mass is 10.0. The number of aryl methyl sites for hydroxylation is 2. The Morgan fingerprint density at radius 3 is 2.07 bits per heavy atom. The van der Waals surface area contributed by atoms with Gasteiger partial charge in [0.2, 0.25) is 0 Å². The van der Waals surface area contributed by atoms with Crippen LogP contribution in [-0.2, 0) is 0 Å². The largest absolute Gasteiger partial charge is 0.386 e. The van der Waals surface area contributed by atoms with Gasteiger partial charge in [-0.1, -0.05) is 30.4 Å². The van der Waals surface area contributed by atoms with E-state index in [2.05, 4.69) is 26.0 Å². The normalized spacial score (nSPS) is 12.4. The average molecular weight is 190 g/mol. The zero-order valence-electron chi connectivity index (χ0n) is 9.33. The maximum atomic E-state index is 9.57. The number of hydrogen-bond acceptors (Lipinski definition) is 1. The van der Waals surface area contributed by atoms with Crippen molar-refractivity contribution in [3.63, 3.8) is 0 Å². The molecule has 1 aromatic carbocycles. The first-order valence-corrected chi connectivity index (χ1v) is 4.88. The summed E-state index contributed by atoms with van der Waals surface area (Å²) in [6.07, 6.45) is 3.81. The SMILES string of the molecule is Cc1cccc(C)c1/C=C/C(C)(C)O. The quantitative estimate of drug-likeness (QED) is 0.759. The summed E-state index contributed by atoms with van der Waals surface area (Å²) in [6, 6.07) is 6.21. The van der Waals surface area contributed by atoms with Crippen LogP contribution >= 0.6 is 0 Å². The Hall–Kier alpha value is -1.08. The molecular formula is C13H18O. The molecule has 1 rings (SSSR count). The van der Waals surface area contributed by atoms with Crippen LogP contribution in [-0.4, -0.2) is 10.7 Å². The van der Waals surface area contributed by atoms with Crippen LogP contribution in [0.5, 0.6) is 0 Å². The highest BCUT2D eigenvalue weighted by atomic mass is 16.3. The maximum Gasteiger partial charge on any atom is 0.0774 e. The fraction of sp³-hybridized carbons (Fsp3) is 0.385. The van der Waals surface area contributed by atoms with Gasteiger partial charge in [0.25, 0.3) is 0 Å². The first-order valence-electron chi connectivity index (χ1n) is 4.88. The lowest BCUT2D eigenvalue weighted by Crippen LogP contribution is -2.13. The van der Waals surface area contributed by atoms with Crippen molar-refractivity contribution in [2.24, 2.45) is 0 Å². The number of hydrogen-bond donors (Lipinski definition) is 1. The molecule has 0 atom stereocenters. The summed E-state index contributed by atoms with van der Waals surface area (Å²) in [7, 11) is 0. The van der Waals surface area contributed by atoms with Crippen molar-refractivity contribution in [1.82, 2.24) is 0 Å². The van der Waals surface area contributed by atoms with E-state index < -0.39 is 5.60 Å². The minimum absolute atomic E-state index is 0.741. The lowest BCUT2D eigenvalue weighted by Gasteiger charge is -2.11.